The van der Waals surface area contributed by atoms with E-state index in [0.29, 0.717) is 58.9 Å². The quantitative estimate of drug-likeness (QED) is 0.653. The minimum Gasteiger partial charge on any atom is -0.396 e. The summed E-state index contributed by atoms with van der Waals surface area (Å²) in [6.45, 7) is 9.92. The largest absolute Gasteiger partial charge is 0.396 e. The monoisotopic (exact) mass is 392 g/mol. The number of aliphatic hydroxyl groups is 3. The Balaban J connectivity index is 1.67. The van der Waals surface area contributed by atoms with E-state index in [0.717, 1.165) is 32.1 Å². The van der Waals surface area contributed by atoms with Gasteiger partial charge in [0, 0.05) is 6.61 Å². The second-order valence-corrected chi connectivity index (χ2v) is 11.6. The summed E-state index contributed by atoms with van der Waals surface area (Å²) in [5.41, 5.74) is 0.617. The molecule has 4 fully saturated rings. The fourth-order valence-electron chi connectivity index (χ4n) is 9.34. The molecule has 162 valence electrons. The highest BCUT2D eigenvalue weighted by Crippen LogP contribution is 2.69. The highest BCUT2D eigenvalue weighted by atomic mass is 16.3. The van der Waals surface area contributed by atoms with Gasteiger partial charge in [-0.25, -0.2) is 0 Å². The van der Waals surface area contributed by atoms with Crippen LogP contribution in [0.1, 0.15) is 85.5 Å². The fourth-order valence-corrected chi connectivity index (χ4v) is 9.34. The zero-order valence-corrected chi connectivity index (χ0v) is 18.6. The molecule has 4 aliphatic rings. The summed E-state index contributed by atoms with van der Waals surface area (Å²) in [5, 5.41) is 31.6. The molecule has 0 spiro atoms. The molecule has 3 heteroatoms. The van der Waals surface area contributed by atoms with Gasteiger partial charge in [0.2, 0.25) is 0 Å². The van der Waals surface area contributed by atoms with Crippen LogP contribution >= 0.6 is 0 Å². The van der Waals surface area contributed by atoms with Gasteiger partial charge >= 0.3 is 0 Å². The lowest BCUT2D eigenvalue weighted by Crippen LogP contribution is -2.62. The summed E-state index contributed by atoms with van der Waals surface area (Å²) in [4.78, 5) is 0. The molecule has 4 aliphatic carbocycles. The molecular formula is C25H44O3. The van der Waals surface area contributed by atoms with Gasteiger partial charge in [-0.1, -0.05) is 34.1 Å². The van der Waals surface area contributed by atoms with Crippen molar-refractivity contribution in [3.8, 4) is 0 Å². The number of fused-ring (bicyclic) bond motifs is 5. The minimum atomic E-state index is -0.199. The standard InChI is InChI=1S/C25H44O3/c1-5-17-21-14-16(27)8-11-25(21,4)20-9-12-24(3)18(15(2)10-13-26)6-7-19(24)22(20)23(17)28/h15-23,26-28H,5-14H2,1-4H3/t15-,16-,17-,18-,19+,20+,21+,22+,23-,24-,25-/m0/s1. The Labute approximate surface area is 172 Å². The van der Waals surface area contributed by atoms with Crippen molar-refractivity contribution in [3.63, 3.8) is 0 Å². The Morgan fingerprint density at radius 2 is 1.61 bits per heavy atom. The first-order chi connectivity index (χ1) is 13.3. The van der Waals surface area contributed by atoms with Crippen molar-refractivity contribution in [2.45, 2.75) is 97.7 Å². The van der Waals surface area contributed by atoms with E-state index in [1.165, 1.54) is 25.7 Å². The predicted octanol–water partition coefficient (Wildman–Crippen LogP) is 4.63. The first-order valence-electron chi connectivity index (χ1n) is 12.2. The number of aliphatic hydroxyl groups excluding tert-OH is 3. The Bertz CT molecular complexity index is 564. The third kappa shape index (κ3) is 2.94. The summed E-state index contributed by atoms with van der Waals surface area (Å²) in [7, 11) is 0. The van der Waals surface area contributed by atoms with Crippen molar-refractivity contribution in [1.29, 1.82) is 0 Å². The van der Waals surface area contributed by atoms with Crippen LogP contribution in [0.2, 0.25) is 0 Å². The average molecular weight is 393 g/mol. The van der Waals surface area contributed by atoms with Crippen molar-refractivity contribution in [2.24, 2.45) is 52.3 Å². The summed E-state index contributed by atoms with van der Waals surface area (Å²) >= 11 is 0. The number of hydrogen-bond donors (Lipinski definition) is 3. The topological polar surface area (TPSA) is 60.7 Å². The van der Waals surface area contributed by atoms with Gasteiger partial charge in [0.1, 0.15) is 0 Å². The molecule has 0 heterocycles. The first kappa shape index (κ1) is 21.1. The molecule has 0 unspecified atom stereocenters. The van der Waals surface area contributed by atoms with Crippen molar-refractivity contribution in [2.75, 3.05) is 6.61 Å². The van der Waals surface area contributed by atoms with Crippen LogP contribution in [0.15, 0.2) is 0 Å². The van der Waals surface area contributed by atoms with Gasteiger partial charge in [0.25, 0.3) is 0 Å². The lowest BCUT2D eigenvalue weighted by Gasteiger charge is -2.64. The second-order valence-electron chi connectivity index (χ2n) is 11.6. The Kier molecular flexibility index (Phi) is 5.69. The molecule has 11 atom stereocenters. The molecule has 0 saturated heterocycles. The van der Waals surface area contributed by atoms with Crippen LogP contribution in [0.3, 0.4) is 0 Å². The Morgan fingerprint density at radius 1 is 0.929 bits per heavy atom. The molecular weight excluding hydrogens is 348 g/mol. The van der Waals surface area contributed by atoms with Crippen molar-refractivity contribution in [3.05, 3.63) is 0 Å². The smallest absolute Gasteiger partial charge is 0.0605 e. The van der Waals surface area contributed by atoms with Crippen molar-refractivity contribution >= 4 is 0 Å². The molecule has 0 aromatic carbocycles. The Hall–Kier alpha value is -0.120. The summed E-state index contributed by atoms with van der Waals surface area (Å²) in [6, 6.07) is 0. The minimum absolute atomic E-state index is 0.167. The van der Waals surface area contributed by atoms with Crippen LogP contribution in [-0.2, 0) is 0 Å². The van der Waals surface area contributed by atoms with Gasteiger partial charge in [-0.05, 0) is 104 Å². The van der Waals surface area contributed by atoms with Crippen LogP contribution in [0, 0.1) is 52.3 Å². The molecule has 4 saturated carbocycles. The molecule has 0 bridgehead atoms. The van der Waals surface area contributed by atoms with Crippen molar-refractivity contribution in [1.82, 2.24) is 0 Å². The lowest BCUT2D eigenvalue weighted by molar-refractivity contribution is -0.203. The third-order valence-corrected chi connectivity index (χ3v) is 10.7. The summed E-state index contributed by atoms with van der Waals surface area (Å²) in [6.07, 6.45) is 9.62. The lowest BCUT2D eigenvalue weighted by atomic mass is 9.41. The fraction of sp³-hybridized carbons (Fsp3) is 1.00. The van der Waals surface area contributed by atoms with Crippen LogP contribution < -0.4 is 0 Å². The van der Waals surface area contributed by atoms with Crippen LogP contribution in [-0.4, -0.2) is 34.1 Å². The summed E-state index contributed by atoms with van der Waals surface area (Å²) in [5.74, 6) is 3.78. The van der Waals surface area contributed by atoms with E-state index >= 15 is 0 Å². The maximum Gasteiger partial charge on any atom is 0.0605 e. The molecule has 0 aliphatic heterocycles. The molecule has 0 aromatic heterocycles. The molecule has 0 radical (unpaired) electrons. The first-order valence-corrected chi connectivity index (χ1v) is 12.2. The van der Waals surface area contributed by atoms with E-state index in [-0.39, 0.29) is 12.2 Å². The number of rotatable bonds is 4. The van der Waals surface area contributed by atoms with E-state index in [2.05, 4.69) is 27.7 Å². The highest BCUT2D eigenvalue weighted by molar-refractivity contribution is 5.13. The SMILES string of the molecule is CC[C@@H]1[C@H](O)[C@H]2[C@@H](CC[C@]3(C)[C@@H]2CC[C@H]3[C@@H](C)CCO)[C@]2(C)CC[C@H](O)C[C@H]12. The van der Waals surface area contributed by atoms with E-state index in [1.54, 1.807) is 0 Å². The van der Waals surface area contributed by atoms with E-state index in [9.17, 15) is 15.3 Å². The third-order valence-electron chi connectivity index (χ3n) is 10.7. The Morgan fingerprint density at radius 3 is 2.29 bits per heavy atom. The highest BCUT2D eigenvalue weighted by Gasteiger charge is 2.64. The van der Waals surface area contributed by atoms with Crippen LogP contribution in [0.5, 0.6) is 0 Å². The molecule has 0 aromatic rings. The predicted molar refractivity (Wildman–Crippen MR) is 113 cm³/mol. The maximum absolute atomic E-state index is 11.7. The average Bonchev–Trinajstić information content (AvgIpc) is 3.01. The molecule has 28 heavy (non-hydrogen) atoms. The summed E-state index contributed by atoms with van der Waals surface area (Å²) < 4.78 is 0. The number of hydrogen-bond acceptors (Lipinski definition) is 3. The van der Waals surface area contributed by atoms with Crippen LogP contribution in [0.25, 0.3) is 0 Å². The van der Waals surface area contributed by atoms with Gasteiger partial charge in [-0.2, -0.15) is 0 Å². The maximum atomic E-state index is 11.7. The van der Waals surface area contributed by atoms with Crippen molar-refractivity contribution < 1.29 is 15.3 Å². The van der Waals surface area contributed by atoms with Gasteiger partial charge in [0.15, 0.2) is 0 Å². The van der Waals surface area contributed by atoms with Crippen LogP contribution in [0.4, 0.5) is 0 Å². The van der Waals surface area contributed by atoms with E-state index in [1.807, 2.05) is 0 Å². The zero-order valence-electron chi connectivity index (χ0n) is 18.6. The van der Waals surface area contributed by atoms with E-state index < -0.39 is 0 Å². The van der Waals surface area contributed by atoms with E-state index in [4.69, 9.17) is 0 Å². The van der Waals surface area contributed by atoms with Gasteiger partial charge < -0.3 is 15.3 Å². The van der Waals surface area contributed by atoms with Gasteiger partial charge in [0.05, 0.1) is 12.2 Å². The molecule has 0 amide bonds. The molecule has 4 rings (SSSR count). The van der Waals surface area contributed by atoms with Gasteiger partial charge in [-0.3, -0.25) is 0 Å². The molecule has 3 nitrogen and oxygen atoms in total. The second kappa shape index (κ2) is 7.54. The van der Waals surface area contributed by atoms with Gasteiger partial charge in [-0.15, -0.1) is 0 Å². The zero-order chi connectivity index (χ0) is 20.3. The normalized spacial score (nSPS) is 54.5. The molecule has 3 N–H and O–H groups in total.